The lowest BCUT2D eigenvalue weighted by Crippen LogP contribution is -2.28. The van der Waals surface area contributed by atoms with E-state index in [0.29, 0.717) is 18.7 Å². The van der Waals surface area contributed by atoms with Crippen LogP contribution in [0.25, 0.3) is 0 Å². The molecule has 1 rings (SSSR count). The van der Waals surface area contributed by atoms with E-state index in [2.05, 4.69) is 17.2 Å². The van der Waals surface area contributed by atoms with Crippen molar-refractivity contribution in [3.05, 3.63) is 42.2 Å². The molecule has 0 radical (unpaired) electrons. The minimum absolute atomic E-state index is 0.0786. The Morgan fingerprint density at radius 2 is 2.05 bits per heavy atom. The van der Waals surface area contributed by atoms with Crippen molar-refractivity contribution in [2.45, 2.75) is 6.18 Å². The smallest absolute Gasteiger partial charge is 0.325 e. The molecule has 104 valence electrons. The molecule has 0 aromatic heterocycles. The summed E-state index contributed by atoms with van der Waals surface area (Å²) in [5, 5.41) is 4.92. The van der Waals surface area contributed by atoms with Gasteiger partial charge in [0.1, 0.15) is 5.82 Å². The van der Waals surface area contributed by atoms with Crippen LogP contribution < -0.4 is 10.6 Å². The van der Waals surface area contributed by atoms with Crippen molar-refractivity contribution in [3.63, 3.8) is 0 Å². The summed E-state index contributed by atoms with van der Waals surface area (Å²) in [5.74, 6) is -1.91. The quantitative estimate of drug-likeness (QED) is 0.493. The molecule has 0 aliphatic carbocycles. The monoisotopic (exact) mass is 276 g/mol. The molecule has 0 atom stereocenters. The molecule has 0 unspecified atom stereocenters. The third-order valence-electron chi connectivity index (χ3n) is 2.13. The highest BCUT2D eigenvalue weighted by Crippen LogP contribution is 2.32. The first-order valence-electron chi connectivity index (χ1n) is 5.33. The second kappa shape index (κ2) is 6.33. The molecule has 0 heterocycles. The maximum atomic E-state index is 13.0. The van der Waals surface area contributed by atoms with E-state index in [1.54, 1.807) is 0 Å². The standard InChI is InChI=1S/C12H12F4N2O/c1-2-5-17-7-11(19)18-8-3-4-10(13)9(6-8)12(14,15)16/h2-4,6,17H,1,5,7H2,(H,18,19). The Morgan fingerprint density at radius 1 is 1.37 bits per heavy atom. The summed E-state index contributed by atoms with van der Waals surface area (Å²) in [7, 11) is 0. The van der Waals surface area contributed by atoms with Crippen LogP contribution in [0.4, 0.5) is 23.2 Å². The molecule has 1 aromatic carbocycles. The Morgan fingerprint density at radius 3 is 2.63 bits per heavy atom. The van der Waals surface area contributed by atoms with Crippen LogP contribution in [-0.2, 0) is 11.0 Å². The first-order chi connectivity index (χ1) is 8.84. The van der Waals surface area contributed by atoms with Gasteiger partial charge in [0.25, 0.3) is 0 Å². The number of hydrogen-bond acceptors (Lipinski definition) is 2. The van der Waals surface area contributed by atoms with Crippen LogP contribution in [0.1, 0.15) is 5.56 Å². The van der Waals surface area contributed by atoms with E-state index in [4.69, 9.17) is 0 Å². The number of carbonyl (C=O) groups excluding carboxylic acids is 1. The van der Waals surface area contributed by atoms with Crippen LogP contribution in [0, 0.1) is 5.82 Å². The second-order valence-corrected chi connectivity index (χ2v) is 3.66. The van der Waals surface area contributed by atoms with Gasteiger partial charge in [0.05, 0.1) is 12.1 Å². The molecule has 0 saturated carbocycles. The van der Waals surface area contributed by atoms with Crippen molar-refractivity contribution in [3.8, 4) is 0 Å². The van der Waals surface area contributed by atoms with Gasteiger partial charge in [0.2, 0.25) is 5.91 Å². The van der Waals surface area contributed by atoms with Gasteiger partial charge < -0.3 is 10.6 Å². The lowest BCUT2D eigenvalue weighted by molar-refractivity contribution is -0.140. The zero-order valence-corrected chi connectivity index (χ0v) is 9.85. The molecule has 1 amide bonds. The fraction of sp³-hybridized carbons (Fsp3) is 0.250. The fourth-order valence-corrected chi connectivity index (χ4v) is 1.31. The van der Waals surface area contributed by atoms with E-state index < -0.39 is 23.5 Å². The molecule has 0 aliphatic heterocycles. The SMILES string of the molecule is C=CCNCC(=O)Nc1ccc(F)c(C(F)(F)F)c1. The number of anilines is 1. The van der Waals surface area contributed by atoms with Gasteiger partial charge in [0, 0.05) is 12.2 Å². The normalized spacial score (nSPS) is 11.2. The van der Waals surface area contributed by atoms with E-state index in [1.807, 2.05) is 0 Å². The summed E-state index contributed by atoms with van der Waals surface area (Å²) in [6, 6.07) is 2.28. The van der Waals surface area contributed by atoms with Crippen molar-refractivity contribution in [1.29, 1.82) is 0 Å². The summed E-state index contributed by atoms with van der Waals surface area (Å²) in [6.45, 7) is 3.74. The Kier molecular flexibility index (Phi) is 5.05. The van der Waals surface area contributed by atoms with Crippen molar-refractivity contribution in [2.24, 2.45) is 0 Å². The lowest BCUT2D eigenvalue weighted by Gasteiger charge is -2.11. The molecule has 0 fully saturated rings. The van der Waals surface area contributed by atoms with Gasteiger partial charge in [-0.05, 0) is 18.2 Å². The lowest BCUT2D eigenvalue weighted by atomic mass is 10.2. The van der Waals surface area contributed by atoms with Crippen LogP contribution >= 0.6 is 0 Å². The predicted molar refractivity (Wildman–Crippen MR) is 63.1 cm³/mol. The number of amides is 1. The minimum atomic E-state index is -4.80. The highest BCUT2D eigenvalue weighted by Gasteiger charge is 2.34. The van der Waals surface area contributed by atoms with Crippen molar-refractivity contribution in [2.75, 3.05) is 18.4 Å². The number of alkyl halides is 3. The Bertz CT molecular complexity index is 471. The van der Waals surface area contributed by atoms with Gasteiger partial charge in [-0.3, -0.25) is 4.79 Å². The van der Waals surface area contributed by atoms with Crippen molar-refractivity contribution < 1.29 is 22.4 Å². The van der Waals surface area contributed by atoms with Crippen LogP contribution in [-0.4, -0.2) is 19.0 Å². The molecule has 19 heavy (non-hydrogen) atoms. The molecule has 1 aromatic rings. The predicted octanol–water partition coefficient (Wildman–Crippen LogP) is 2.56. The summed E-state index contributed by atoms with van der Waals surface area (Å²) >= 11 is 0. The Labute approximate surface area is 107 Å². The Hall–Kier alpha value is -1.89. The third kappa shape index (κ3) is 4.70. The molecular formula is C12H12F4N2O. The van der Waals surface area contributed by atoms with Crippen LogP contribution in [0.5, 0.6) is 0 Å². The molecular weight excluding hydrogens is 264 g/mol. The van der Waals surface area contributed by atoms with E-state index >= 15 is 0 Å². The molecule has 0 bridgehead atoms. The third-order valence-corrected chi connectivity index (χ3v) is 2.13. The van der Waals surface area contributed by atoms with Crippen molar-refractivity contribution in [1.82, 2.24) is 5.32 Å². The van der Waals surface area contributed by atoms with E-state index in [-0.39, 0.29) is 12.2 Å². The number of nitrogens with one attached hydrogen (secondary N) is 2. The maximum Gasteiger partial charge on any atom is 0.419 e. The average molecular weight is 276 g/mol. The summed E-state index contributed by atoms with van der Waals surface area (Å²) in [5.41, 5.74) is -1.52. The Balaban J connectivity index is 2.75. The van der Waals surface area contributed by atoms with E-state index in [0.717, 1.165) is 6.07 Å². The van der Waals surface area contributed by atoms with Crippen LogP contribution in [0.2, 0.25) is 0 Å². The van der Waals surface area contributed by atoms with Gasteiger partial charge in [-0.2, -0.15) is 13.2 Å². The second-order valence-electron chi connectivity index (χ2n) is 3.66. The first kappa shape index (κ1) is 15.2. The van der Waals surface area contributed by atoms with Gasteiger partial charge in [0.15, 0.2) is 0 Å². The summed E-state index contributed by atoms with van der Waals surface area (Å²) in [4.78, 5) is 11.4. The largest absolute Gasteiger partial charge is 0.419 e. The molecule has 7 heteroatoms. The highest BCUT2D eigenvalue weighted by atomic mass is 19.4. The van der Waals surface area contributed by atoms with Gasteiger partial charge in [-0.25, -0.2) is 4.39 Å². The number of halogens is 4. The molecule has 0 aliphatic rings. The van der Waals surface area contributed by atoms with E-state index in [1.165, 1.54) is 6.08 Å². The minimum Gasteiger partial charge on any atom is -0.325 e. The number of hydrogen-bond donors (Lipinski definition) is 2. The zero-order valence-electron chi connectivity index (χ0n) is 9.85. The number of carbonyl (C=O) groups is 1. The molecule has 3 nitrogen and oxygen atoms in total. The molecule has 0 spiro atoms. The van der Waals surface area contributed by atoms with Gasteiger partial charge >= 0.3 is 6.18 Å². The summed E-state index contributed by atoms with van der Waals surface area (Å²) in [6.07, 6.45) is -3.27. The number of rotatable bonds is 5. The average Bonchev–Trinajstić information content (AvgIpc) is 2.30. The molecule has 0 saturated heterocycles. The van der Waals surface area contributed by atoms with E-state index in [9.17, 15) is 22.4 Å². The number of benzene rings is 1. The van der Waals surface area contributed by atoms with Gasteiger partial charge in [-0.15, -0.1) is 6.58 Å². The topological polar surface area (TPSA) is 41.1 Å². The fourth-order valence-electron chi connectivity index (χ4n) is 1.31. The first-order valence-corrected chi connectivity index (χ1v) is 5.33. The van der Waals surface area contributed by atoms with Crippen molar-refractivity contribution >= 4 is 11.6 Å². The maximum absolute atomic E-state index is 13.0. The highest BCUT2D eigenvalue weighted by molar-refractivity contribution is 5.92. The summed E-state index contributed by atoms with van der Waals surface area (Å²) < 4.78 is 50.3. The van der Waals surface area contributed by atoms with Crippen LogP contribution in [0.15, 0.2) is 30.9 Å². The zero-order chi connectivity index (χ0) is 14.5. The van der Waals surface area contributed by atoms with Gasteiger partial charge in [-0.1, -0.05) is 6.08 Å². The molecule has 2 N–H and O–H groups in total. The van der Waals surface area contributed by atoms with Crippen LogP contribution in [0.3, 0.4) is 0 Å².